The van der Waals surface area contributed by atoms with Gasteiger partial charge in [0.2, 0.25) is 27.2 Å². The van der Waals surface area contributed by atoms with Gasteiger partial charge in [-0.3, -0.25) is 38.4 Å². The maximum atomic E-state index is 13.2. The molecule has 0 spiro atoms. The predicted octanol–water partition coefficient (Wildman–Crippen LogP) is 5.32. The highest BCUT2D eigenvalue weighted by atomic mass is 35.5. The van der Waals surface area contributed by atoms with Crippen LogP contribution in [0.2, 0.25) is 10.0 Å². The SMILES string of the molecule is CC(=O)OCOC(=O)CN(CC(=O)OCOC(C)=O)c1ccc(C)cc1OCCOc1cc(C2c3cc(Cl)c(O)cc3Oc3cc(O)c(Cl)cc32)ccc1N(CC(=O)OCOC(C)=O)CC(=O)OCOC(C)=O. The summed E-state index contributed by atoms with van der Waals surface area (Å²) in [6, 6.07) is 15.0. The van der Waals surface area contributed by atoms with Gasteiger partial charge in [-0.1, -0.05) is 35.3 Å². The van der Waals surface area contributed by atoms with E-state index in [1.807, 2.05) is 0 Å². The molecule has 0 radical (unpaired) electrons. The topological polar surface area (TPSA) is 285 Å². The predicted molar refractivity (Wildman–Crippen MR) is 251 cm³/mol. The third-order valence-electron chi connectivity index (χ3n) is 9.92. The normalized spacial score (nSPS) is 11.3. The summed E-state index contributed by atoms with van der Waals surface area (Å²) in [5.74, 6) is -7.57. The number of rotatable bonds is 24. The third-order valence-corrected chi connectivity index (χ3v) is 10.5. The van der Waals surface area contributed by atoms with Crippen LogP contribution in [-0.2, 0) is 76.3 Å². The van der Waals surface area contributed by atoms with E-state index in [-0.39, 0.29) is 69.1 Å². The smallest absolute Gasteiger partial charge is 0.328 e. The van der Waals surface area contributed by atoms with Gasteiger partial charge < -0.3 is 72.1 Å². The quantitative estimate of drug-likeness (QED) is 0.0342. The molecule has 0 atom stereocenters. The number of anilines is 2. The summed E-state index contributed by atoms with van der Waals surface area (Å²) in [4.78, 5) is 100. The molecule has 4 aromatic carbocycles. The first-order valence-corrected chi connectivity index (χ1v) is 22.3. The van der Waals surface area contributed by atoms with Gasteiger partial charge in [-0.25, -0.2) is 0 Å². The van der Waals surface area contributed by atoms with Crippen LogP contribution >= 0.6 is 23.2 Å². The van der Waals surface area contributed by atoms with E-state index >= 15 is 0 Å². The maximum Gasteiger partial charge on any atom is 0.328 e. The number of hydrogen-bond acceptors (Lipinski definition) is 23. The van der Waals surface area contributed by atoms with E-state index in [1.54, 1.807) is 37.3 Å². The van der Waals surface area contributed by atoms with Crippen molar-refractivity contribution < 1.29 is 101 Å². The highest BCUT2D eigenvalue weighted by Gasteiger charge is 2.33. The van der Waals surface area contributed by atoms with Crippen molar-refractivity contribution in [2.75, 3.05) is 76.4 Å². The Morgan fingerprint density at radius 3 is 1.23 bits per heavy atom. The lowest BCUT2D eigenvalue weighted by Crippen LogP contribution is -2.37. The van der Waals surface area contributed by atoms with Crippen LogP contribution in [0.15, 0.2) is 60.7 Å². The number of aromatic hydroxyl groups is 2. The molecule has 1 aliphatic rings. The minimum absolute atomic E-state index is 0.00292. The van der Waals surface area contributed by atoms with Crippen LogP contribution in [-0.4, -0.2) is 125 Å². The molecule has 0 fully saturated rings. The molecule has 390 valence electrons. The van der Waals surface area contributed by atoms with Gasteiger partial charge in [-0.05, 0) is 54.4 Å². The van der Waals surface area contributed by atoms with Crippen molar-refractivity contribution in [1.82, 2.24) is 0 Å². The molecule has 0 saturated heterocycles. The van der Waals surface area contributed by atoms with Crippen LogP contribution in [0.4, 0.5) is 11.4 Å². The monoisotopic (exact) mass is 1060 g/mol. The molecule has 25 heteroatoms. The number of esters is 8. The van der Waals surface area contributed by atoms with Gasteiger partial charge in [0.25, 0.3) is 0 Å². The maximum absolute atomic E-state index is 13.2. The standard InChI is InChI=1S/C48H48Cl2N2O21/c1-26-6-8-36(51(18-44(59)69-22-65-27(2)53)19-45(60)70-23-66-28(3)54)42(12-26)63-10-11-64-43-13-31(48-32-14-34(49)38(57)16-40(32)73-41-17-39(58)35(50)15-33(41)48)7-9-37(43)52(20-46(61)71-24-67-29(4)55)21-47(62)72-25-68-30(5)56/h6-9,12-17,48,57-58H,10-11,18-25H2,1-5H3. The highest BCUT2D eigenvalue weighted by molar-refractivity contribution is 6.32. The van der Waals surface area contributed by atoms with Crippen LogP contribution < -0.4 is 24.0 Å². The zero-order valence-corrected chi connectivity index (χ0v) is 41.2. The van der Waals surface area contributed by atoms with E-state index in [0.717, 1.165) is 27.7 Å². The van der Waals surface area contributed by atoms with Crippen LogP contribution in [0.25, 0.3) is 0 Å². The first-order chi connectivity index (χ1) is 34.7. The van der Waals surface area contributed by atoms with E-state index in [9.17, 15) is 48.6 Å². The van der Waals surface area contributed by atoms with Gasteiger partial charge in [0.15, 0.2) is 0 Å². The molecule has 23 nitrogen and oxygen atoms in total. The van der Waals surface area contributed by atoms with Crippen molar-refractivity contribution >= 4 is 82.3 Å². The summed E-state index contributed by atoms with van der Waals surface area (Å²) in [5.41, 5.74) is 2.29. The molecule has 2 N–H and O–H groups in total. The molecule has 4 aromatic rings. The summed E-state index contributed by atoms with van der Waals surface area (Å²) in [5, 5.41) is 21.0. The zero-order valence-electron chi connectivity index (χ0n) is 39.7. The van der Waals surface area contributed by atoms with E-state index in [0.29, 0.717) is 22.3 Å². The number of nitrogens with zero attached hydrogens (tertiary/aromatic N) is 2. The number of halogens is 2. The number of carbonyl (C=O) groups is 8. The summed E-state index contributed by atoms with van der Waals surface area (Å²) >= 11 is 12.9. The number of carbonyl (C=O) groups excluding carboxylic acids is 8. The van der Waals surface area contributed by atoms with Crippen LogP contribution in [0.1, 0.15) is 55.9 Å². The second kappa shape index (κ2) is 26.3. The molecule has 1 aliphatic heterocycles. The van der Waals surface area contributed by atoms with Gasteiger partial charge in [0.1, 0.15) is 73.9 Å². The minimum Gasteiger partial charge on any atom is -0.506 e. The summed E-state index contributed by atoms with van der Waals surface area (Å²) < 4.78 is 57.8. The number of phenolic OH excluding ortho intramolecular Hbond substituents is 2. The van der Waals surface area contributed by atoms with Crippen molar-refractivity contribution in [1.29, 1.82) is 0 Å². The Morgan fingerprint density at radius 2 is 0.863 bits per heavy atom. The second-order valence-corrected chi connectivity index (χ2v) is 16.2. The second-order valence-electron chi connectivity index (χ2n) is 15.4. The fourth-order valence-electron chi connectivity index (χ4n) is 6.75. The molecular weight excluding hydrogens is 1010 g/mol. The lowest BCUT2D eigenvalue weighted by atomic mass is 9.82. The summed E-state index contributed by atoms with van der Waals surface area (Å²) in [7, 11) is 0. The average Bonchev–Trinajstić information content (AvgIpc) is 3.30. The number of hydrogen-bond donors (Lipinski definition) is 2. The lowest BCUT2D eigenvalue weighted by Gasteiger charge is -2.31. The van der Waals surface area contributed by atoms with Gasteiger partial charge in [0, 0.05) is 56.9 Å². The largest absolute Gasteiger partial charge is 0.506 e. The Bertz CT molecular complexity index is 2610. The molecule has 1 heterocycles. The van der Waals surface area contributed by atoms with Crippen molar-refractivity contribution in [2.45, 2.75) is 40.5 Å². The lowest BCUT2D eigenvalue weighted by molar-refractivity contribution is -0.167. The molecule has 5 rings (SSSR count). The minimum atomic E-state index is -0.967. The molecule has 73 heavy (non-hydrogen) atoms. The zero-order chi connectivity index (χ0) is 53.4. The average molecular weight is 1060 g/mol. The molecule has 0 saturated carbocycles. The van der Waals surface area contributed by atoms with Gasteiger partial charge in [-0.2, -0.15) is 0 Å². The van der Waals surface area contributed by atoms with Crippen LogP contribution in [0, 0.1) is 6.92 Å². The van der Waals surface area contributed by atoms with Crippen LogP contribution in [0.5, 0.6) is 34.5 Å². The molecular formula is C48H48Cl2N2O21. The van der Waals surface area contributed by atoms with Gasteiger partial charge in [0.05, 0.1) is 21.4 Å². The number of fused-ring (bicyclic) bond motifs is 2. The fourth-order valence-corrected chi connectivity index (χ4v) is 7.09. The Morgan fingerprint density at radius 1 is 0.507 bits per heavy atom. The van der Waals surface area contributed by atoms with E-state index in [4.69, 9.17) is 75.3 Å². The molecule has 0 amide bonds. The Kier molecular flexibility index (Phi) is 20.1. The third kappa shape index (κ3) is 16.7. The number of aryl methyl sites for hydroxylation is 1. The Hall–Kier alpha value is -8.18. The molecule has 0 aromatic heterocycles. The van der Waals surface area contributed by atoms with Crippen molar-refractivity contribution in [3.8, 4) is 34.5 Å². The van der Waals surface area contributed by atoms with E-state index < -0.39 is 107 Å². The van der Waals surface area contributed by atoms with Crippen LogP contribution in [0.3, 0.4) is 0 Å². The fraction of sp³-hybridized carbons (Fsp3) is 0.333. The first kappa shape index (κ1) is 55.7. The molecule has 0 aliphatic carbocycles. The molecule has 0 unspecified atom stereocenters. The van der Waals surface area contributed by atoms with Crippen molar-refractivity contribution in [3.63, 3.8) is 0 Å². The number of benzene rings is 4. The Labute approximate surface area is 426 Å². The van der Waals surface area contributed by atoms with Crippen molar-refractivity contribution in [2.24, 2.45) is 0 Å². The van der Waals surface area contributed by atoms with Gasteiger partial charge >= 0.3 is 47.8 Å². The Balaban J connectivity index is 1.54. The summed E-state index contributed by atoms with van der Waals surface area (Å²) in [6.07, 6.45) is 0. The first-order valence-electron chi connectivity index (χ1n) is 21.6. The molecule has 0 bridgehead atoms. The van der Waals surface area contributed by atoms with E-state index in [2.05, 4.69) is 0 Å². The van der Waals surface area contributed by atoms with E-state index in [1.165, 1.54) is 40.1 Å². The van der Waals surface area contributed by atoms with Gasteiger partial charge in [-0.15, -0.1) is 0 Å². The number of ether oxygens (including phenoxy) is 11. The number of phenols is 2. The van der Waals surface area contributed by atoms with Crippen molar-refractivity contribution in [3.05, 3.63) is 93.0 Å². The summed E-state index contributed by atoms with van der Waals surface area (Å²) in [6.45, 7) is 0.193. The highest BCUT2D eigenvalue weighted by Crippen LogP contribution is 2.52.